The molecule has 0 spiro atoms. The van der Waals surface area contributed by atoms with Crippen LogP contribution < -0.4 is 20.7 Å². The zero-order valence-electron chi connectivity index (χ0n) is 16.7. The smallest absolute Gasteiger partial charge is 0.308 e. The van der Waals surface area contributed by atoms with Gasteiger partial charge in [0.1, 0.15) is 5.75 Å². The van der Waals surface area contributed by atoms with Crippen LogP contribution in [0.25, 0.3) is 0 Å². The van der Waals surface area contributed by atoms with E-state index in [0.29, 0.717) is 22.7 Å². The number of ether oxygens (including phenoxy) is 2. The third kappa shape index (κ3) is 7.27. The molecule has 158 valence electrons. The average molecular weight is 413 g/mol. The zero-order valence-corrected chi connectivity index (χ0v) is 16.7. The lowest BCUT2D eigenvalue weighted by atomic mass is 10.2. The topological polar surface area (TPSA) is 123 Å². The van der Waals surface area contributed by atoms with E-state index in [-0.39, 0.29) is 24.8 Å². The number of nitrogens with one attached hydrogen (secondary N) is 3. The fraction of sp³-hybridized carbons (Fsp3) is 0.238. The third-order valence-electron chi connectivity index (χ3n) is 3.85. The summed E-state index contributed by atoms with van der Waals surface area (Å²) in [5.74, 6) is -1.15. The largest absolute Gasteiger partial charge is 0.495 e. The van der Waals surface area contributed by atoms with Crippen LogP contribution in [0.15, 0.2) is 48.5 Å². The molecule has 0 saturated carbocycles. The van der Waals surface area contributed by atoms with Crippen molar-refractivity contribution in [3.05, 3.63) is 54.1 Å². The number of hydrogen-bond donors (Lipinski definition) is 3. The second-order valence-corrected chi connectivity index (χ2v) is 6.17. The fourth-order valence-corrected chi connectivity index (χ4v) is 2.40. The second-order valence-electron chi connectivity index (χ2n) is 6.17. The number of methoxy groups -OCH3 is 1. The number of anilines is 2. The van der Waals surface area contributed by atoms with Crippen LogP contribution >= 0.6 is 0 Å². The molecular weight excluding hydrogens is 390 g/mol. The van der Waals surface area contributed by atoms with Crippen molar-refractivity contribution < 1.29 is 28.7 Å². The maximum atomic E-state index is 12.4. The minimum Gasteiger partial charge on any atom is -0.495 e. The van der Waals surface area contributed by atoms with Crippen molar-refractivity contribution >= 4 is 35.1 Å². The van der Waals surface area contributed by atoms with Crippen LogP contribution in [0.3, 0.4) is 0 Å². The highest BCUT2D eigenvalue weighted by Crippen LogP contribution is 2.23. The van der Waals surface area contributed by atoms with E-state index in [9.17, 15) is 19.2 Å². The van der Waals surface area contributed by atoms with Gasteiger partial charge >= 0.3 is 5.97 Å². The molecule has 0 aliphatic carbocycles. The van der Waals surface area contributed by atoms with Crippen molar-refractivity contribution in [3.63, 3.8) is 0 Å². The Hall–Kier alpha value is -3.88. The highest BCUT2D eigenvalue weighted by atomic mass is 16.5. The van der Waals surface area contributed by atoms with Gasteiger partial charge in [-0.1, -0.05) is 12.1 Å². The molecule has 0 aromatic heterocycles. The summed E-state index contributed by atoms with van der Waals surface area (Å²) in [5, 5.41) is 7.79. The quantitative estimate of drug-likeness (QED) is 0.540. The minimum atomic E-state index is -0.595. The predicted molar refractivity (Wildman–Crippen MR) is 110 cm³/mol. The maximum absolute atomic E-state index is 12.4. The molecule has 2 aromatic carbocycles. The summed E-state index contributed by atoms with van der Waals surface area (Å²) in [6.45, 7) is 1.04. The molecule has 0 unspecified atom stereocenters. The van der Waals surface area contributed by atoms with Gasteiger partial charge in [-0.3, -0.25) is 19.2 Å². The normalized spacial score (nSPS) is 9.93. The number of para-hydroxylation sites is 2. The Kier molecular flexibility index (Phi) is 8.37. The van der Waals surface area contributed by atoms with Gasteiger partial charge in [0.05, 0.1) is 19.2 Å². The van der Waals surface area contributed by atoms with E-state index in [2.05, 4.69) is 16.0 Å². The molecule has 9 nitrogen and oxygen atoms in total. The van der Waals surface area contributed by atoms with Crippen LogP contribution in [-0.2, 0) is 19.1 Å². The highest BCUT2D eigenvalue weighted by molar-refractivity contribution is 6.05. The van der Waals surface area contributed by atoms with Crippen LogP contribution in [0.2, 0.25) is 0 Å². The first-order valence-electron chi connectivity index (χ1n) is 9.13. The Bertz CT molecular complexity index is 911. The molecule has 0 aliphatic heterocycles. The summed E-state index contributed by atoms with van der Waals surface area (Å²) in [6, 6.07) is 13.3. The Morgan fingerprint density at radius 2 is 1.63 bits per heavy atom. The summed E-state index contributed by atoms with van der Waals surface area (Å²) in [7, 11) is 1.52. The van der Waals surface area contributed by atoms with Gasteiger partial charge in [0.25, 0.3) is 11.8 Å². The molecule has 2 rings (SSSR count). The Morgan fingerprint density at radius 1 is 0.933 bits per heavy atom. The number of benzene rings is 2. The van der Waals surface area contributed by atoms with Crippen LogP contribution in [0.5, 0.6) is 5.75 Å². The standard InChI is InChI=1S/C21H23N3O6/c1-14(25)22-12-11-20(27)30-13-19(26)23-16-9-7-15(8-10-16)21(28)24-17-5-3-4-6-18(17)29-2/h3-10H,11-13H2,1-2H3,(H,22,25)(H,23,26)(H,24,28). The first-order valence-corrected chi connectivity index (χ1v) is 9.13. The van der Waals surface area contributed by atoms with Crippen LogP contribution in [0, 0.1) is 0 Å². The monoisotopic (exact) mass is 413 g/mol. The molecule has 0 atom stereocenters. The summed E-state index contributed by atoms with van der Waals surface area (Å²) >= 11 is 0. The predicted octanol–water partition coefficient (Wildman–Crippen LogP) is 1.96. The molecule has 2 aromatic rings. The fourth-order valence-electron chi connectivity index (χ4n) is 2.40. The van der Waals surface area contributed by atoms with Crippen LogP contribution in [0.1, 0.15) is 23.7 Å². The highest BCUT2D eigenvalue weighted by Gasteiger charge is 2.11. The summed E-state index contributed by atoms with van der Waals surface area (Å²) in [6.07, 6.45) is -0.0249. The molecule has 0 heterocycles. The lowest BCUT2D eigenvalue weighted by Crippen LogP contribution is -2.25. The van der Waals surface area contributed by atoms with Crippen molar-refractivity contribution in [2.45, 2.75) is 13.3 Å². The van der Waals surface area contributed by atoms with Gasteiger partial charge in [0.15, 0.2) is 6.61 Å². The van der Waals surface area contributed by atoms with Gasteiger partial charge in [-0.05, 0) is 36.4 Å². The first-order chi connectivity index (χ1) is 14.4. The summed E-state index contributed by atoms with van der Waals surface area (Å²) < 4.78 is 10.0. The molecule has 3 N–H and O–H groups in total. The van der Waals surface area contributed by atoms with Crippen LogP contribution in [0.4, 0.5) is 11.4 Å². The van der Waals surface area contributed by atoms with Gasteiger partial charge in [0.2, 0.25) is 5.91 Å². The van der Waals surface area contributed by atoms with Crippen molar-refractivity contribution in [2.75, 3.05) is 30.9 Å². The Labute approximate surface area is 173 Å². The Morgan fingerprint density at radius 3 is 2.30 bits per heavy atom. The molecule has 9 heteroatoms. The number of rotatable bonds is 9. The van der Waals surface area contributed by atoms with Gasteiger partial charge in [-0.2, -0.15) is 0 Å². The second kappa shape index (κ2) is 11.2. The number of carbonyl (C=O) groups excluding carboxylic acids is 4. The minimum absolute atomic E-state index is 0.0249. The van der Waals surface area contributed by atoms with Gasteiger partial charge in [-0.25, -0.2) is 0 Å². The van der Waals surface area contributed by atoms with Crippen molar-refractivity contribution in [1.82, 2.24) is 5.32 Å². The van der Waals surface area contributed by atoms with E-state index in [0.717, 1.165) is 0 Å². The lowest BCUT2D eigenvalue weighted by molar-refractivity contribution is -0.147. The first kappa shape index (κ1) is 22.4. The SMILES string of the molecule is COc1ccccc1NC(=O)c1ccc(NC(=O)COC(=O)CCNC(C)=O)cc1. The van der Waals surface area contributed by atoms with Gasteiger partial charge in [0, 0.05) is 24.7 Å². The average Bonchev–Trinajstić information content (AvgIpc) is 2.73. The molecular formula is C21H23N3O6. The molecule has 0 radical (unpaired) electrons. The molecule has 0 bridgehead atoms. The number of esters is 1. The summed E-state index contributed by atoms with van der Waals surface area (Å²) in [4.78, 5) is 46.5. The van der Waals surface area contributed by atoms with Crippen molar-refractivity contribution in [2.24, 2.45) is 0 Å². The third-order valence-corrected chi connectivity index (χ3v) is 3.85. The molecule has 0 saturated heterocycles. The zero-order chi connectivity index (χ0) is 21.9. The molecule has 3 amide bonds. The lowest BCUT2D eigenvalue weighted by Gasteiger charge is -2.10. The van der Waals surface area contributed by atoms with Crippen LogP contribution in [-0.4, -0.2) is 44.0 Å². The van der Waals surface area contributed by atoms with E-state index in [4.69, 9.17) is 9.47 Å². The van der Waals surface area contributed by atoms with E-state index >= 15 is 0 Å². The maximum Gasteiger partial charge on any atom is 0.308 e. The Balaban J connectivity index is 1.82. The van der Waals surface area contributed by atoms with Gasteiger partial charge < -0.3 is 25.4 Å². The van der Waals surface area contributed by atoms with E-state index < -0.39 is 18.5 Å². The summed E-state index contributed by atoms with van der Waals surface area (Å²) in [5.41, 5.74) is 1.38. The molecule has 0 fully saturated rings. The van der Waals surface area contributed by atoms with E-state index in [1.165, 1.54) is 14.0 Å². The van der Waals surface area contributed by atoms with Gasteiger partial charge in [-0.15, -0.1) is 0 Å². The van der Waals surface area contributed by atoms with Crippen molar-refractivity contribution in [1.29, 1.82) is 0 Å². The number of carbonyl (C=O) groups is 4. The number of amides is 3. The molecule has 0 aliphatic rings. The molecule has 30 heavy (non-hydrogen) atoms. The van der Waals surface area contributed by atoms with E-state index in [1.807, 2.05) is 0 Å². The van der Waals surface area contributed by atoms with Crippen molar-refractivity contribution in [3.8, 4) is 5.75 Å². The van der Waals surface area contributed by atoms with E-state index in [1.54, 1.807) is 48.5 Å². The number of hydrogen-bond acceptors (Lipinski definition) is 6.